The Hall–Kier alpha value is -0.120. The van der Waals surface area contributed by atoms with Crippen LogP contribution in [-0.4, -0.2) is 42.1 Å². The van der Waals surface area contributed by atoms with Gasteiger partial charge in [0.1, 0.15) is 0 Å². The van der Waals surface area contributed by atoms with Crippen LogP contribution in [0.25, 0.3) is 0 Å². The van der Waals surface area contributed by atoms with Crippen molar-refractivity contribution >= 4 is 0 Å². The standard InChI is InChI=1S/C8H17N3/c1-10-7-3-2-4-8(10)6-11(9)5-7/h7-8H,2-6,9H2,1H3. The molecule has 3 nitrogen and oxygen atoms in total. The van der Waals surface area contributed by atoms with Gasteiger partial charge in [-0.3, -0.25) is 10.7 Å². The van der Waals surface area contributed by atoms with Crippen molar-refractivity contribution < 1.29 is 0 Å². The third kappa shape index (κ3) is 1.28. The lowest BCUT2D eigenvalue weighted by atomic mass is 9.93. The van der Waals surface area contributed by atoms with Crippen LogP contribution in [0.4, 0.5) is 0 Å². The molecule has 2 unspecified atom stereocenters. The van der Waals surface area contributed by atoms with Crippen LogP contribution < -0.4 is 5.84 Å². The van der Waals surface area contributed by atoms with E-state index < -0.39 is 0 Å². The second kappa shape index (κ2) is 2.73. The molecular weight excluding hydrogens is 138 g/mol. The van der Waals surface area contributed by atoms with Crippen LogP contribution >= 0.6 is 0 Å². The molecular formula is C8H17N3. The highest BCUT2D eigenvalue weighted by Gasteiger charge is 2.33. The number of likely N-dealkylation sites (N-methyl/N-ethyl adjacent to an activating group) is 1. The van der Waals surface area contributed by atoms with Crippen LogP contribution in [0.2, 0.25) is 0 Å². The van der Waals surface area contributed by atoms with Gasteiger partial charge >= 0.3 is 0 Å². The maximum absolute atomic E-state index is 5.79. The second-order valence-electron chi connectivity index (χ2n) is 3.86. The quantitative estimate of drug-likeness (QED) is 0.501. The first-order valence-corrected chi connectivity index (χ1v) is 4.49. The number of nitrogens with zero attached hydrogens (tertiary/aromatic N) is 2. The Balaban J connectivity index is 2.07. The Kier molecular flexibility index (Phi) is 1.87. The molecule has 0 spiro atoms. The van der Waals surface area contributed by atoms with Crippen LogP contribution in [0.1, 0.15) is 19.3 Å². The Morgan fingerprint density at radius 2 is 1.73 bits per heavy atom. The van der Waals surface area contributed by atoms with Crippen LogP contribution in [0.5, 0.6) is 0 Å². The van der Waals surface area contributed by atoms with Gasteiger partial charge in [-0.25, -0.2) is 5.01 Å². The summed E-state index contributed by atoms with van der Waals surface area (Å²) >= 11 is 0. The van der Waals surface area contributed by atoms with Crippen LogP contribution in [0, 0.1) is 0 Å². The zero-order valence-corrected chi connectivity index (χ0v) is 7.16. The molecule has 11 heavy (non-hydrogen) atoms. The number of hydrogen-bond acceptors (Lipinski definition) is 3. The van der Waals surface area contributed by atoms with Gasteiger partial charge in [0.05, 0.1) is 0 Å². The maximum atomic E-state index is 5.79. The van der Waals surface area contributed by atoms with E-state index in [1.807, 2.05) is 5.01 Å². The number of hydrazine groups is 1. The van der Waals surface area contributed by atoms with E-state index >= 15 is 0 Å². The number of fused-ring (bicyclic) bond motifs is 2. The Bertz CT molecular complexity index is 134. The molecule has 2 saturated heterocycles. The largest absolute Gasteiger partial charge is 0.298 e. The molecule has 0 aromatic carbocycles. The zero-order valence-electron chi connectivity index (χ0n) is 7.16. The molecule has 2 bridgehead atoms. The lowest BCUT2D eigenvalue weighted by Gasteiger charge is -2.47. The minimum absolute atomic E-state index is 0.729. The van der Waals surface area contributed by atoms with Gasteiger partial charge in [-0.2, -0.15) is 0 Å². The number of piperidine rings is 1. The molecule has 0 aliphatic carbocycles. The van der Waals surface area contributed by atoms with Gasteiger partial charge in [0.15, 0.2) is 0 Å². The molecule has 0 amide bonds. The molecule has 0 radical (unpaired) electrons. The average molecular weight is 155 g/mol. The molecule has 2 aliphatic heterocycles. The van der Waals surface area contributed by atoms with Crippen molar-refractivity contribution in [2.24, 2.45) is 5.84 Å². The van der Waals surface area contributed by atoms with E-state index in [0.717, 1.165) is 25.2 Å². The summed E-state index contributed by atoms with van der Waals surface area (Å²) < 4.78 is 0. The van der Waals surface area contributed by atoms with Gasteiger partial charge in [-0.15, -0.1) is 0 Å². The van der Waals surface area contributed by atoms with Gasteiger partial charge < -0.3 is 0 Å². The molecule has 2 fully saturated rings. The topological polar surface area (TPSA) is 32.5 Å². The SMILES string of the molecule is CN1C2CCCC1CN(N)C2. The predicted molar refractivity (Wildman–Crippen MR) is 45.0 cm³/mol. The Morgan fingerprint density at radius 3 is 2.27 bits per heavy atom. The van der Waals surface area contributed by atoms with Crippen molar-refractivity contribution in [2.45, 2.75) is 31.3 Å². The highest BCUT2D eigenvalue weighted by atomic mass is 15.4. The van der Waals surface area contributed by atoms with E-state index in [1.54, 1.807) is 0 Å². The van der Waals surface area contributed by atoms with Gasteiger partial charge in [-0.05, 0) is 19.9 Å². The zero-order chi connectivity index (χ0) is 7.84. The summed E-state index contributed by atoms with van der Waals surface area (Å²) in [6.45, 7) is 2.12. The van der Waals surface area contributed by atoms with Crippen LogP contribution in [0.15, 0.2) is 0 Å². The fourth-order valence-electron chi connectivity index (χ4n) is 2.35. The van der Waals surface area contributed by atoms with Crippen molar-refractivity contribution in [3.8, 4) is 0 Å². The molecule has 2 aliphatic rings. The van der Waals surface area contributed by atoms with Gasteiger partial charge in [0, 0.05) is 25.2 Å². The molecule has 2 atom stereocenters. The second-order valence-corrected chi connectivity index (χ2v) is 3.86. The van der Waals surface area contributed by atoms with Crippen LogP contribution in [0.3, 0.4) is 0 Å². The van der Waals surface area contributed by atoms with E-state index in [4.69, 9.17) is 5.84 Å². The highest BCUT2D eigenvalue weighted by Crippen LogP contribution is 2.25. The molecule has 0 saturated carbocycles. The molecule has 2 heterocycles. The van der Waals surface area contributed by atoms with Crippen molar-refractivity contribution in [3.05, 3.63) is 0 Å². The molecule has 0 aromatic heterocycles. The number of rotatable bonds is 0. The third-order valence-corrected chi connectivity index (χ3v) is 3.12. The van der Waals surface area contributed by atoms with E-state index in [1.165, 1.54) is 19.3 Å². The third-order valence-electron chi connectivity index (χ3n) is 3.12. The minimum Gasteiger partial charge on any atom is -0.298 e. The first-order chi connectivity index (χ1) is 5.27. The fraction of sp³-hybridized carbons (Fsp3) is 1.00. The van der Waals surface area contributed by atoms with Crippen molar-refractivity contribution in [1.82, 2.24) is 9.91 Å². The first kappa shape index (κ1) is 7.53. The maximum Gasteiger partial charge on any atom is 0.0285 e. The minimum atomic E-state index is 0.729. The van der Waals surface area contributed by atoms with Gasteiger partial charge in [0.2, 0.25) is 0 Å². The van der Waals surface area contributed by atoms with Crippen molar-refractivity contribution in [2.75, 3.05) is 20.1 Å². The highest BCUT2D eigenvalue weighted by molar-refractivity contribution is 4.89. The summed E-state index contributed by atoms with van der Waals surface area (Å²) in [5, 5.41) is 1.98. The normalized spacial score (nSPS) is 40.9. The Morgan fingerprint density at radius 1 is 1.18 bits per heavy atom. The number of hydrogen-bond donors (Lipinski definition) is 1. The van der Waals surface area contributed by atoms with Crippen molar-refractivity contribution in [3.63, 3.8) is 0 Å². The smallest absolute Gasteiger partial charge is 0.0285 e. The van der Waals surface area contributed by atoms with E-state index in [-0.39, 0.29) is 0 Å². The summed E-state index contributed by atoms with van der Waals surface area (Å²) in [4.78, 5) is 2.51. The van der Waals surface area contributed by atoms with E-state index in [2.05, 4.69) is 11.9 Å². The van der Waals surface area contributed by atoms with Gasteiger partial charge in [0.25, 0.3) is 0 Å². The van der Waals surface area contributed by atoms with E-state index in [9.17, 15) is 0 Å². The monoisotopic (exact) mass is 155 g/mol. The van der Waals surface area contributed by atoms with Crippen molar-refractivity contribution in [1.29, 1.82) is 0 Å². The molecule has 2 rings (SSSR count). The summed E-state index contributed by atoms with van der Waals surface area (Å²) in [5.74, 6) is 5.79. The fourth-order valence-corrected chi connectivity index (χ4v) is 2.35. The first-order valence-electron chi connectivity index (χ1n) is 4.49. The predicted octanol–water partition coefficient (Wildman–Crippen LogP) is 0.0286. The number of nitrogens with two attached hydrogens (primary N) is 1. The summed E-state index contributed by atoms with van der Waals surface area (Å²) in [6, 6.07) is 1.46. The summed E-state index contributed by atoms with van der Waals surface area (Å²) in [7, 11) is 2.24. The van der Waals surface area contributed by atoms with Gasteiger partial charge in [-0.1, -0.05) is 6.42 Å². The molecule has 64 valence electrons. The van der Waals surface area contributed by atoms with E-state index in [0.29, 0.717) is 0 Å². The molecule has 2 N–H and O–H groups in total. The molecule has 0 aromatic rings. The lowest BCUT2D eigenvalue weighted by molar-refractivity contribution is 0.00979. The van der Waals surface area contributed by atoms with Crippen LogP contribution in [-0.2, 0) is 0 Å². The summed E-state index contributed by atoms with van der Waals surface area (Å²) in [6.07, 6.45) is 4.06. The summed E-state index contributed by atoms with van der Waals surface area (Å²) in [5.41, 5.74) is 0. The molecule has 3 heteroatoms. The number of piperazine rings is 1. The lowest BCUT2D eigenvalue weighted by Crippen LogP contribution is -2.60. The average Bonchev–Trinajstić information content (AvgIpc) is 1.92. The Labute approximate surface area is 68.1 Å².